The maximum atomic E-state index is 8.24. The highest BCUT2D eigenvalue weighted by Crippen LogP contribution is 2.45. The number of benzene rings is 3. The summed E-state index contributed by atoms with van der Waals surface area (Å²) in [6.45, 7) is 10.8. The lowest BCUT2D eigenvalue weighted by Crippen LogP contribution is -2.44. The van der Waals surface area contributed by atoms with Gasteiger partial charge in [-0.1, -0.05) is 30.3 Å². The van der Waals surface area contributed by atoms with E-state index in [-0.39, 0.29) is 11.3 Å². The molecule has 6 nitrogen and oxygen atoms in total. The van der Waals surface area contributed by atoms with Crippen molar-refractivity contribution >= 4 is 22.2 Å². The molecule has 39 heavy (non-hydrogen) atoms. The van der Waals surface area contributed by atoms with Crippen LogP contribution in [0, 0.1) is 5.41 Å². The quantitative estimate of drug-likeness (QED) is 0.296. The highest BCUT2D eigenvalue weighted by molar-refractivity contribution is 6.07. The van der Waals surface area contributed by atoms with Gasteiger partial charge >= 0.3 is 0 Å². The van der Waals surface area contributed by atoms with E-state index < -0.39 is 0 Å². The number of piperidine rings is 1. The molecule has 0 saturated carbocycles. The first-order chi connectivity index (χ1) is 18.8. The third-order valence-corrected chi connectivity index (χ3v) is 8.40. The van der Waals surface area contributed by atoms with E-state index in [0.29, 0.717) is 18.6 Å². The van der Waals surface area contributed by atoms with Crippen molar-refractivity contribution in [2.45, 2.75) is 51.5 Å². The predicted octanol–water partition coefficient (Wildman–Crippen LogP) is 6.63. The molecular weight excluding hydrogens is 486 g/mol. The van der Waals surface area contributed by atoms with Gasteiger partial charge in [0.05, 0.1) is 24.1 Å². The molecule has 2 saturated heterocycles. The Morgan fingerprint density at radius 2 is 1.67 bits per heavy atom. The molecule has 2 fully saturated rings. The topological polar surface area (TPSA) is 70.7 Å². The fourth-order valence-electron chi connectivity index (χ4n) is 6.63. The molecule has 200 valence electrons. The number of likely N-dealkylation sites (tertiary alicyclic amines) is 1. The third-order valence-electron chi connectivity index (χ3n) is 8.40. The van der Waals surface area contributed by atoms with Crippen LogP contribution in [0.2, 0.25) is 0 Å². The van der Waals surface area contributed by atoms with Crippen LogP contribution in [-0.2, 0) is 16.0 Å². The number of allylic oxidation sites excluding steroid dienone is 1. The molecule has 0 aromatic heterocycles. The summed E-state index contributed by atoms with van der Waals surface area (Å²) in [7, 11) is 0. The molecule has 4 aliphatic heterocycles. The van der Waals surface area contributed by atoms with E-state index in [1.165, 1.54) is 11.1 Å². The summed E-state index contributed by atoms with van der Waals surface area (Å²) in [5.41, 5.74) is 8.73. The Morgan fingerprint density at radius 1 is 0.923 bits per heavy atom. The van der Waals surface area contributed by atoms with Crippen molar-refractivity contribution in [3.63, 3.8) is 0 Å². The molecule has 0 unspecified atom stereocenters. The smallest absolute Gasteiger partial charge is 0.170 e. The minimum absolute atomic E-state index is 0.124. The molecule has 1 aliphatic carbocycles. The minimum atomic E-state index is -0.336. The largest absolute Gasteiger partial charge is 0.455 e. The van der Waals surface area contributed by atoms with Gasteiger partial charge in [0, 0.05) is 66.3 Å². The molecule has 6 heteroatoms. The van der Waals surface area contributed by atoms with Crippen molar-refractivity contribution in [3.8, 4) is 22.5 Å². The molecule has 4 heterocycles. The van der Waals surface area contributed by atoms with Gasteiger partial charge in [-0.3, -0.25) is 4.90 Å². The Bertz CT molecular complexity index is 1620. The number of rotatable bonds is 3. The average molecular weight is 522 g/mol. The normalized spacial score (nSPS) is 20.2. The van der Waals surface area contributed by atoms with Crippen molar-refractivity contribution in [1.82, 2.24) is 4.90 Å². The van der Waals surface area contributed by atoms with Gasteiger partial charge in [-0.05, 0) is 61.7 Å². The van der Waals surface area contributed by atoms with E-state index in [9.17, 15) is 0 Å². The summed E-state index contributed by atoms with van der Waals surface area (Å²) < 4.78 is 18.4. The standard InChI is InChI=1S/C33H35N3O3/c1-21-19-32(2,3)35-27-11-10-26-30(25-9-8-24(34)18-28(25)39-31(26)29(21)27)23-6-4-22(5-7-23)20-36-14-12-33(13-15-36)37-16-17-38-33/h4-11,18-19,34-35H,12-17,20H2,1-3H3. The van der Waals surface area contributed by atoms with Gasteiger partial charge in [0.25, 0.3) is 0 Å². The maximum absolute atomic E-state index is 8.24. The molecule has 5 aliphatic rings. The van der Waals surface area contributed by atoms with Crippen LogP contribution in [0.15, 0.2) is 65.1 Å². The SMILES string of the molecule is CC1=CC(C)(C)Nc2ccc3c(-c4ccc(CN5CCC6(CC5)OCCO6)cc4)c4ccc(=N)cc-4oc3c21. The zero-order valence-corrected chi connectivity index (χ0v) is 22.9. The number of ether oxygens (including phenoxy) is 2. The van der Waals surface area contributed by atoms with Crippen LogP contribution in [-0.4, -0.2) is 42.5 Å². The van der Waals surface area contributed by atoms with Gasteiger partial charge in [-0.25, -0.2) is 0 Å². The Morgan fingerprint density at radius 3 is 2.41 bits per heavy atom. The van der Waals surface area contributed by atoms with Crippen molar-refractivity contribution in [3.05, 3.63) is 77.2 Å². The number of nitrogens with zero attached hydrogens (tertiary/aromatic N) is 1. The van der Waals surface area contributed by atoms with Crippen LogP contribution in [0.3, 0.4) is 0 Å². The molecular formula is C33H35N3O3. The number of hydrogen-bond donors (Lipinski definition) is 2. The Hall–Kier alpha value is -3.45. The van der Waals surface area contributed by atoms with E-state index in [0.717, 1.165) is 77.1 Å². The van der Waals surface area contributed by atoms with E-state index in [4.69, 9.17) is 19.3 Å². The fraction of sp³-hybridized carbons (Fsp3) is 0.364. The van der Waals surface area contributed by atoms with E-state index in [2.05, 4.69) is 73.5 Å². The zero-order chi connectivity index (χ0) is 26.8. The molecule has 2 aromatic carbocycles. The number of fused-ring (bicyclic) bond motifs is 4. The summed E-state index contributed by atoms with van der Waals surface area (Å²) in [5, 5.41) is 13.4. The van der Waals surface area contributed by atoms with Crippen LogP contribution in [0.25, 0.3) is 39.0 Å². The number of anilines is 1. The lowest BCUT2D eigenvalue weighted by Gasteiger charge is -2.37. The molecule has 1 spiro atoms. The van der Waals surface area contributed by atoms with Crippen molar-refractivity contribution < 1.29 is 13.9 Å². The Labute approximate surface area is 229 Å². The zero-order valence-electron chi connectivity index (χ0n) is 22.9. The molecule has 7 rings (SSSR count). The van der Waals surface area contributed by atoms with Crippen LogP contribution < -0.4 is 10.7 Å². The summed E-state index contributed by atoms with van der Waals surface area (Å²) >= 11 is 0. The van der Waals surface area contributed by atoms with Crippen LogP contribution in [0.5, 0.6) is 0 Å². The minimum Gasteiger partial charge on any atom is -0.455 e. The highest BCUT2D eigenvalue weighted by Gasteiger charge is 2.39. The molecule has 2 N–H and O–H groups in total. The Kier molecular flexibility index (Phi) is 5.70. The van der Waals surface area contributed by atoms with Crippen LogP contribution in [0.4, 0.5) is 5.69 Å². The van der Waals surface area contributed by atoms with Gasteiger partial charge in [-0.2, -0.15) is 0 Å². The second-order valence-corrected chi connectivity index (χ2v) is 11.8. The van der Waals surface area contributed by atoms with Crippen molar-refractivity contribution in [2.24, 2.45) is 0 Å². The van der Waals surface area contributed by atoms with Gasteiger partial charge in [-0.15, -0.1) is 0 Å². The molecule has 0 bridgehead atoms. The monoisotopic (exact) mass is 521 g/mol. The average Bonchev–Trinajstić information content (AvgIpc) is 3.36. The summed E-state index contributed by atoms with van der Waals surface area (Å²) in [4.78, 5) is 2.49. The number of hydrogen-bond acceptors (Lipinski definition) is 6. The lowest BCUT2D eigenvalue weighted by atomic mass is 9.87. The molecule has 0 radical (unpaired) electrons. The van der Waals surface area contributed by atoms with Gasteiger partial charge in [0.1, 0.15) is 11.3 Å². The summed E-state index contributed by atoms with van der Waals surface area (Å²) in [6, 6.07) is 19.0. The Balaban J connectivity index is 1.27. The predicted molar refractivity (Wildman–Crippen MR) is 155 cm³/mol. The van der Waals surface area contributed by atoms with Gasteiger partial charge < -0.3 is 24.6 Å². The highest BCUT2D eigenvalue weighted by atomic mass is 16.7. The second kappa shape index (κ2) is 9.05. The summed E-state index contributed by atoms with van der Waals surface area (Å²) in [6.07, 6.45) is 4.12. The van der Waals surface area contributed by atoms with E-state index in [1.807, 2.05) is 18.2 Å². The second-order valence-electron chi connectivity index (χ2n) is 11.8. The molecule has 0 atom stereocenters. The van der Waals surface area contributed by atoms with Crippen molar-refractivity contribution in [1.29, 1.82) is 5.41 Å². The first-order valence-electron chi connectivity index (χ1n) is 14.0. The van der Waals surface area contributed by atoms with Gasteiger partial charge in [0.15, 0.2) is 5.79 Å². The van der Waals surface area contributed by atoms with Crippen LogP contribution >= 0.6 is 0 Å². The lowest BCUT2D eigenvalue weighted by molar-refractivity contribution is -0.185. The third kappa shape index (κ3) is 4.37. The van der Waals surface area contributed by atoms with E-state index >= 15 is 0 Å². The van der Waals surface area contributed by atoms with Crippen LogP contribution in [0.1, 0.15) is 44.7 Å². The van der Waals surface area contributed by atoms with E-state index in [1.54, 1.807) is 0 Å². The first-order valence-corrected chi connectivity index (χ1v) is 14.0. The summed E-state index contributed by atoms with van der Waals surface area (Å²) in [5.74, 6) is 0.399. The van der Waals surface area contributed by atoms with Crippen molar-refractivity contribution in [2.75, 3.05) is 31.6 Å². The molecule has 0 amide bonds. The maximum Gasteiger partial charge on any atom is 0.170 e. The first kappa shape index (κ1) is 24.6. The fourth-order valence-corrected chi connectivity index (χ4v) is 6.63. The molecule has 2 aromatic rings. The van der Waals surface area contributed by atoms with Gasteiger partial charge in [0.2, 0.25) is 0 Å². The number of nitrogens with one attached hydrogen (secondary N) is 2.